The van der Waals surface area contributed by atoms with Crippen LogP contribution in [0.4, 0.5) is 0 Å². The summed E-state index contributed by atoms with van der Waals surface area (Å²) in [6, 6.07) is 6.06. The molecule has 6 nitrogen and oxygen atoms in total. The number of ether oxygens (including phenoxy) is 1. The molecular formula is C11H16N2O4S. The molecule has 0 saturated heterocycles. The van der Waals surface area contributed by atoms with E-state index in [0.717, 1.165) is 0 Å². The highest BCUT2D eigenvalue weighted by atomic mass is 32.2. The molecule has 0 saturated carbocycles. The van der Waals surface area contributed by atoms with Gasteiger partial charge in [0.2, 0.25) is 15.9 Å². The van der Waals surface area contributed by atoms with Crippen LogP contribution >= 0.6 is 0 Å². The zero-order valence-corrected chi connectivity index (χ0v) is 11.1. The number of nitrogens with one attached hydrogen (secondary N) is 2. The molecule has 0 fully saturated rings. The van der Waals surface area contributed by atoms with Crippen molar-refractivity contribution in [3.63, 3.8) is 0 Å². The molecule has 1 rings (SSSR count). The van der Waals surface area contributed by atoms with Crippen LogP contribution in [0.5, 0.6) is 5.75 Å². The molecular weight excluding hydrogens is 256 g/mol. The summed E-state index contributed by atoms with van der Waals surface area (Å²) in [5, 5.41) is 2.50. The molecule has 1 aromatic carbocycles. The van der Waals surface area contributed by atoms with Crippen LogP contribution in [-0.2, 0) is 14.8 Å². The molecule has 0 bridgehead atoms. The average Bonchev–Trinajstić information content (AvgIpc) is 2.34. The number of carbonyl (C=O) groups is 1. The Kier molecular flexibility index (Phi) is 5.11. The Morgan fingerprint density at radius 1 is 1.22 bits per heavy atom. The van der Waals surface area contributed by atoms with E-state index in [9.17, 15) is 13.2 Å². The van der Waals surface area contributed by atoms with Crippen LogP contribution < -0.4 is 14.8 Å². The van der Waals surface area contributed by atoms with Gasteiger partial charge in [0.15, 0.2) is 0 Å². The first-order valence-corrected chi connectivity index (χ1v) is 6.82. The summed E-state index contributed by atoms with van der Waals surface area (Å²) in [4.78, 5) is 10.8. The number of amides is 1. The van der Waals surface area contributed by atoms with Gasteiger partial charge in [-0.25, -0.2) is 13.1 Å². The van der Waals surface area contributed by atoms with Crippen molar-refractivity contribution < 1.29 is 17.9 Å². The smallest absolute Gasteiger partial charge is 0.240 e. The monoisotopic (exact) mass is 272 g/mol. The Morgan fingerprint density at radius 3 is 2.33 bits per heavy atom. The van der Waals surface area contributed by atoms with E-state index in [1.807, 2.05) is 0 Å². The maximum absolute atomic E-state index is 11.8. The summed E-state index contributed by atoms with van der Waals surface area (Å²) >= 11 is 0. The zero-order chi connectivity index (χ0) is 13.6. The number of hydrogen-bond acceptors (Lipinski definition) is 4. The Hall–Kier alpha value is -1.60. The fourth-order valence-electron chi connectivity index (χ4n) is 1.26. The number of sulfonamides is 1. The average molecular weight is 272 g/mol. The Balaban J connectivity index is 2.59. The fourth-order valence-corrected chi connectivity index (χ4v) is 2.29. The van der Waals surface area contributed by atoms with Crippen LogP contribution in [-0.4, -0.2) is 34.5 Å². The van der Waals surface area contributed by atoms with E-state index in [1.54, 1.807) is 12.1 Å². The van der Waals surface area contributed by atoms with Crippen molar-refractivity contribution in [3.05, 3.63) is 24.3 Å². The van der Waals surface area contributed by atoms with Crippen LogP contribution in [0, 0.1) is 0 Å². The lowest BCUT2D eigenvalue weighted by Crippen LogP contribution is -2.33. The number of hydrogen-bond donors (Lipinski definition) is 2. The predicted octanol–water partition coefficient (Wildman–Crippen LogP) is 0.110. The van der Waals surface area contributed by atoms with Gasteiger partial charge in [0.05, 0.1) is 12.0 Å². The van der Waals surface area contributed by atoms with Gasteiger partial charge in [0.1, 0.15) is 5.75 Å². The summed E-state index contributed by atoms with van der Waals surface area (Å²) in [5.74, 6) is 0.394. The normalized spacial score (nSPS) is 11.0. The van der Waals surface area contributed by atoms with Crippen molar-refractivity contribution in [1.29, 1.82) is 0 Å². The van der Waals surface area contributed by atoms with E-state index in [4.69, 9.17) is 4.74 Å². The first kappa shape index (κ1) is 14.5. The van der Waals surface area contributed by atoms with E-state index in [0.29, 0.717) is 5.75 Å². The third-order valence-electron chi connectivity index (χ3n) is 2.16. The predicted molar refractivity (Wildman–Crippen MR) is 66.9 cm³/mol. The van der Waals surface area contributed by atoms with Crippen molar-refractivity contribution >= 4 is 15.9 Å². The number of benzene rings is 1. The molecule has 0 aliphatic carbocycles. The third-order valence-corrected chi connectivity index (χ3v) is 3.64. The second-order valence-electron chi connectivity index (χ2n) is 3.56. The third kappa shape index (κ3) is 4.34. The Labute approximate surface area is 106 Å². The highest BCUT2D eigenvalue weighted by molar-refractivity contribution is 7.89. The van der Waals surface area contributed by atoms with Crippen LogP contribution in [0.1, 0.15) is 6.92 Å². The Bertz CT molecular complexity index is 496. The fraction of sp³-hybridized carbons (Fsp3) is 0.364. The largest absolute Gasteiger partial charge is 0.497 e. The van der Waals surface area contributed by atoms with Gasteiger partial charge in [0, 0.05) is 20.0 Å². The molecule has 0 atom stereocenters. The van der Waals surface area contributed by atoms with Crippen LogP contribution in [0.25, 0.3) is 0 Å². The molecule has 0 unspecified atom stereocenters. The Morgan fingerprint density at radius 2 is 1.83 bits per heavy atom. The summed E-state index contributed by atoms with van der Waals surface area (Å²) in [6.45, 7) is 1.77. The highest BCUT2D eigenvalue weighted by Gasteiger charge is 2.12. The molecule has 1 aromatic rings. The maximum Gasteiger partial charge on any atom is 0.240 e. The van der Waals surface area contributed by atoms with Crippen LogP contribution in [0.2, 0.25) is 0 Å². The standard InChI is InChI=1S/C11H16N2O4S/c1-9(14)12-7-8-13-18(15,16)11-5-3-10(17-2)4-6-11/h3-6,13H,7-8H2,1-2H3,(H,12,14). The van der Waals surface area contributed by atoms with E-state index in [1.165, 1.54) is 26.2 Å². The SMILES string of the molecule is COc1ccc(S(=O)(=O)NCCNC(C)=O)cc1. The maximum atomic E-state index is 11.8. The first-order chi connectivity index (χ1) is 8.45. The van der Waals surface area contributed by atoms with Gasteiger partial charge in [-0.05, 0) is 24.3 Å². The van der Waals surface area contributed by atoms with Crippen LogP contribution in [0.15, 0.2) is 29.2 Å². The van der Waals surface area contributed by atoms with E-state index < -0.39 is 10.0 Å². The molecule has 18 heavy (non-hydrogen) atoms. The first-order valence-electron chi connectivity index (χ1n) is 5.34. The van der Waals surface area contributed by atoms with Gasteiger partial charge < -0.3 is 10.1 Å². The van der Waals surface area contributed by atoms with Crippen molar-refractivity contribution in [3.8, 4) is 5.75 Å². The van der Waals surface area contributed by atoms with E-state index in [2.05, 4.69) is 10.0 Å². The quantitative estimate of drug-likeness (QED) is 0.720. The number of methoxy groups -OCH3 is 1. The van der Waals surface area contributed by atoms with E-state index in [-0.39, 0.29) is 23.9 Å². The van der Waals surface area contributed by atoms with Gasteiger partial charge in [-0.1, -0.05) is 0 Å². The second kappa shape index (κ2) is 6.36. The molecule has 0 heterocycles. The van der Waals surface area contributed by atoms with Crippen LogP contribution in [0.3, 0.4) is 0 Å². The molecule has 7 heteroatoms. The summed E-state index contributed by atoms with van der Waals surface area (Å²) in [6.07, 6.45) is 0. The molecule has 100 valence electrons. The number of rotatable bonds is 6. The van der Waals surface area contributed by atoms with Crippen molar-refractivity contribution in [2.45, 2.75) is 11.8 Å². The topological polar surface area (TPSA) is 84.5 Å². The molecule has 0 aliphatic rings. The van der Waals surface area contributed by atoms with Gasteiger partial charge in [-0.2, -0.15) is 0 Å². The van der Waals surface area contributed by atoms with Crippen molar-refractivity contribution in [2.24, 2.45) is 0 Å². The van der Waals surface area contributed by atoms with Gasteiger partial charge in [-0.3, -0.25) is 4.79 Å². The van der Waals surface area contributed by atoms with Crippen molar-refractivity contribution in [1.82, 2.24) is 10.0 Å². The minimum Gasteiger partial charge on any atom is -0.497 e. The van der Waals surface area contributed by atoms with Crippen molar-refractivity contribution in [2.75, 3.05) is 20.2 Å². The van der Waals surface area contributed by atoms with Gasteiger partial charge in [-0.15, -0.1) is 0 Å². The lowest BCUT2D eigenvalue weighted by Gasteiger charge is -2.07. The summed E-state index contributed by atoms with van der Waals surface area (Å²) < 4.78 is 31.0. The second-order valence-corrected chi connectivity index (χ2v) is 5.32. The lowest BCUT2D eigenvalue weighted by atomic mass is 10.3. The molecule has 1 amide bonds. The molecule has 0 aromatic heterocycles. The lowest BCUT2D eigenvalue weighted by molar-refractivity contribution is -0.118. The van der Waals surface area contributed by atoms with E-state index >= 15 is 0 Å². The minimum absolute atomic E-state index is 0.147. The molecule has 2 N–H and O–H groups in total. The molecule has 0 radical (unpaired) electrons. The highest BCUT2D eigenvalue weighted by Crippen LogP contribution is 2.14. The number of carbonyl (C=O) groups excluding carboxylic acids is 1. The minimum atomic E-state index is -3.54. The zero-order valence-electron chi connectivity index (χ0n) is 10.3. The molecule has 0 aliphatic heterocycles. The van der Waals surface area contributed by atoms with Gasteiger partial charge in [0.25, 0.3) is 0 Å². The summed E-state index contributed by atoms with van der Waals surface area (Å²) in [7, 11) is -2.03. The van der Waals surface area contributed by atoms with Gasteiger partial charge >= 0.3 is 0 Å². The summed E-state index contributed by atoms with van der Waals surface area (Å²) in [5.41, 5.74) is 0. The molecule has 0 spiro atoms.